The molecule has 0 N–H and O–H groups in total. The highest BCUT2D eigenvalue weighted by Crippen LogP contribution is 2.36. The molecule has 0 aromatic heterocycles. The van der Waals surface area contributed by atoms with Crippen molar-refractivity contribution >= 4 is 41.9 Å². The smallest absolute Gasteiger partial charge is 0.195 e. The van der Waals surface area contributed by atoms with Crippen molar-refractivity contribution in [1.82, 2.24) is 0 Å². The van der Waals surface area contributed by atoms with Crippen LogP contribution in [0.4, 0.5) is 0 Å². The van der Waals surface area contributed by atoms with Gasteiger partial charge in [0, 0.05) is 4.47 Å². The van der Waals surface area contributed by atoms with E-state index in [-0.39, 0.29) is 9.79 Å². The number of carbonyl (C=O) groups excluding carboxylic acids is 1. The lowest BCUT2D eigenvalue weighted by atomic mass is 9.81. The number of aldehydes is 1. The topological polar surface area (TPSA) is 85.3 Å². The minimum absolute atomic E-state index is 0.109. The molecule has 1 atom stereocenters. The largest absolute Gasteiger partial charge is 0.302 e. The van der Waals surface area contributed by atoms with Crippen LogP contribution in [-0.4, -0.2) is 27.7 Å². The Morgan fingerprint density at radius 2 is 1.29 bits per heavy atom. The maximum atomic E-state index is 13.5. The number of benzene rings is 3. The Kier molecular flexibility index (Phi) is 6.83. The van der Waals surface area contributed by atoms with Crippen LogP contribution < -0.4 is 0 Å². The van der Waals surface area contributed by atoms with E-state index in [2.05, 4.69) is 15.9 Å². The van der Waals surface area contributed by atoms with E-state index in [9.17, 15) is 21.6 Å². The van der Waals surface area contributed by atoms with Crippen LogP contribution >= 0.6 is 15.9 Å². The molecule has 3 aromatic rings. The minimum atomic E-state index is -4.33. The first-order chi connectivity index (χ1) is 14.6. The molecule has 0 heterocycles. The van der Waals surface area contributed by atoms with E-state index in [1.54, 1.807) is 43.3 Å². The van der Waals surface area contributed by atoms with E-state index in [1.807, 2.05) is 0 Å². The summed E-state index contributed by atoms with van der Waals surface area (Å²) in [5, 5.41) is 0. The number of carbonyl (C=O) groups is 1. The van der Waals surface area contributed by atoms with Crippen LogP contribution in [-0.2, 0) is 29.9 Å². The van der Waals surface area contributed by atoms with Crippen LogP contribution in [0.2, 0.25) is 0 Å². The van der Waals surface area contributed by atoms with Crippen LogP contribution in [0.15, 0.2) is 99.2 Å². The highest BCUT2D eigenvalue weighted by Gasteiger charge is 2.45. The minimum Gasteiger partial charge on any atom is -0.302 e. The van der Waals surface area contributed by atoms with E-state index in [1.165, 1.54) is 48.5 Å². The summed E-state index contributed by atoms with van der Waals surface area (Å²) < 4.78 is 53.0. The van der Waals surface area contributed by atoms with Gasteiger partial charge in [-0.3, -0.25) is 0 Å². The molecule has 31 heavy (non-hydrogen) atoms. The Morgan fingerprint density at radius 3 is 1.71 bits per heavy atom. The Balaban J connectivity index is 2.20. The van der Waals surface area contributed by atoms with Crippen molar-refractivity contribution in [2.75, 3.05) is 0 Å². The third-order valence-corrected chi connectivity index (χ3v) is 10.8. The van der Waals surface area contributed by atoms with Gasteiger partial charge in [-0.05, 0) is 55.3 Å². The molecular formula is C23H21BrO5S2. The lowest BCUT2D eigenvalue weighted by molar-refractivity contribution is -0.112. The van der Waals surface area contributed by atoms with Crippen LogP contribution in [0.3, 0.4) is 0 Å². The lowest BCUT2D eigenvalue weighted by Gasteiger charge is -2.29. The van der Waals surface area contributed by atoms with Gasteiger partial charge in [0.15, 0.2) is 24.3 Å². The molecule has 0 aliphatic rings. The second-order valence-electron chi connectivity index (χ2n) is 7.40. The zero-order chi connectivity index (χ0) is 22.7. The molecule has 0 saturated carbocycles. The molecule has 3 rings (SSSR count). The van der Waals surface area contributed by atoms with Gasteiger partial charge in [-0.25, -0.2) is 16.8 Å². The fourth-order valence-electron chi connectivity index (χ4n) is 3.33. The van der Waals surface area contributed by atoms with E-state index < -0.39 is 36.1 Å². The molecule has 3 aromatic carbocycles. The van der Waals surface area contributed by atoms with Gasteiger partial charge in [0.05, 0.1) is 15.2 Å². The molecule has 162 valence electrons. The second kappa shape index (κ2) is 9.06. The van der Waals surface area contributed by atoms with E-state index >= 15 is 0 Å². The van der Waals surface area contributed by atoms with Gasteiger partial charge in [0.1, 0.15) is 6.29 Å². The summed E-state index contributed by atoms with van der Waals surface area (Å²) in [7, 11) is -8.65. The number of sulfone groups is 2. The summed E-state index contributed by atoms with van der Waals surface area (Å²) in [6, 6.07) is 21.7. The molecule has 0 aliphatic heterocycles. The van der Waals surface area contributed by atoms with Crippen molar-refractivity contribution in [1.29, 1.82) is 0 Å². The zero-order valence-corrected chi connectivity index (χ0v) is 19.9. The van der Waals surface area contributed by atoms with Gasteiger partial charge >= 0.3 is 0 Å². The quantitative estimate of drug-likeness (QED) is 0.406. The van der Waals surface area contributed by atoms with Crippen LogP contribution in [0.1, 0.15) is 18.9 Å². The predicted octanol–water partition coefficient (Wildman–Crippen LogP) is 4.57. The summed E-state index contributed by atoms with van der Waals surface area (Å²) in [6.45, 7) is 1.55. The fourth-order valence-corrected chi connectivity index (χ4v) is 8.55. The Bertz CT molecular complexity index is 1200. The third-order valence-electron chi connectivity index (χ3n) is 5.17. The molecular weight excluding hydrogens is 500 g/mol. The molecule has 8 heteroatoms. The summed E-state index contributed by atoms with van der Waals surface area (Å²) in [4.78, 5) is 12.0. The molecule has 5 nitrogen and oxygen atoms in total. The van der Waals surface area contributed by atoms with Crippen molar-refractivity contribution in [2.45, 2.75) is 33.1 Å². The first-order valence-corrected chi connectivity index (χ1v) is 13.3. The van der Waals surface area contributed by atoms with Crippen LogP contribution in [0.5, 0.6) is 0 Å². The lowest BCUT2D eigenvalue weighted by Crippen LogP contribution is -2.39. The molecule has 0 saturated heterocycles. The molecule has 0 aliphatic carbocycles. The normalized spacial score (nSPS) is 14.2. The predicted molar refractivity (Wildman–Crippen MR) is 123 cm³/mol. The van der Waals surface area contributed by atoms with Crippen LogP contribution in [0, 0.1) is 0 Å². The summed E-state index contributed by atoms with van der Waals surface area (Å²) in [5.41, 5.74) is -0.827. The summed E-state index contributed by atoms with van der Waals surface area (Å²) in [6.07, 6.45) is 0.185. The molecule has 0 fully saturated rings. The Morgan fingerprint density at radius 1 is 0.806 bits per heavy atom. The van der Waals surface area contributed by atoms with Gasteiger partial charge in [0.2, 0.25) is 0 Å². The SMILES string of the molecule is C[C@](C=O)(CC(S(=O)(=O)c1ccccc1)S(=O)(=O)c1ccccc1)c1cccc(Br)c1. The first-order valence-electron chi connectivity index (χ1n) is 9.41. The average molecular weight is 521 g/mol. The highest BCUT2D eigenvalue weighted by molar-refractivity contribution is 9.10. The van der Waals surface area contributed by atoms with Crippen molar-refractivity contribution in [3.8, 4) is 0 Å². The molecule has 0 amide bonds. The highest BCUT2D eigenvalue weighted by atomic mass is 79.9. The first kappa shape index (κ1) is 23.4. The van der Waals surface area contributed by atoms with Crippen LogP contribution in [0.25, 0.3) is 0 Å². The van der Waals surface area contributed by atoms with Gasteiger partial charge in [-0.2, -0.15) is 0 Å². The average Bonchev–Trinajstić information content (AvgIpc) is 2.78. The fraction of sp³-hybridized carbons (Fsp3) is 0.174. The third kappa shape index (κ3) is 4.81. The maximum Gasteiger partial charge on any atom is 0.195 e. The second-order valence-corrected chi connectivity index (χ2v) is 12.9. The van der Waals surface area contributed by atoms with E-state index in [4.69, 9.17) is 0 Å². The van der Waals surface area contributed by atoms with Crippen molar-refractivity contribution in [2.24, 2.45) is 0 Å². The number of hydrogen-bond donors (Lipinski definition) is 0. The number of rotatable bonds is 8. The Labute approximate surface area is 191 Å². The van der Waals surface area contributed by atoms with Gasteiger partial charge in [-0.1, -0.05) is 64.5 Å². The Hall–Kier alpha value is -2.29. The monoisotopic (exact) mass is 520 g/mol. The zero-order valence-electron chi connectivity index (χ0n) is 16.7. The summed E-state index contributed by atoms with van der Waals surface area (Å²) in [5.74, 6) is 0. The summed E-state index contributed by atoms with van der Waals surface area (Å²) >= 11 is 3.35. The van der Waals surface area contributed by atoms with E-state index in [0.717, 1.165) is 0 Å². The van der Waals surface area contributed by atoms with Gasteiger partial charge in [-0.15, -0.1) is 0 Å². The van der Waals surface area contributed by atoms with Gasteiger partial charge in [0.25, 0.3) is 0 Å². The van der Waals surface area contributed by atoms with Crippen molar-refractivity contribution in [3.63, 3.8) is 0 Å². The number of hydrogen-bond acceptors (Lipinski definition) is 5. The number of halogens is 1. The molecule has 0 unspecified atom stereocenters. The molecule has 0 spiro atoms. The standard InChI is InChI=1S/C23H21BrO5S2/c1-23(17-25,18-9-8-10-19(24)15-18)16-22(30(26,27)20-11-4-2-5-12-20)31(28,29)21-13-6-3-7-14-21/h2-15,17,22H,16H2,1H3/t23-/m1/s1. The van der Waals surface area contributed by atoms with Crippen molar-refractivity contribution in [3.05, 3.63) is 95.0 Å². The van der Waals surface area contributed by atoms with E-state index in [0.29, 0.717) is 16.3 Å². The molecule has 0 radical (unpaired) electrons. The van der Waals surface area contributed by atoms with Gasteiger partial charge < -0.3 is 4.79 Å². The maximum absolute atomic E-state index is 13.5. The van der Waals surface area contributed by atoms with Crippen molar-refractivity contribution < 1.29 is 21.6 Å². The molecule has 0 bridgehead atoms.